The summed E-state index contributed by atoms with van der Waals surface area (Å²) in [6.45, 7) is 0. The molecule has 1 aromatic rings. The van der Waals surface area contributed by atoms with Crippen LogP contribution in [0.5, 0.6) is 0 Å². The lowest BCUT2D eigenvalue weighted by Gasteiger charge is -2.22. The van der Waals surface area contributed by atoms with Crippen molar-refractivity contribution >= 4 is 5.91 Å². The van der Waals surface area contributed by atoms with Crippen LogP contribution in [-0.2, 0) is 11.2 Å². The van der Waals surface area contributed by atoms with Gasteiger partial charge in [-0.1, -0.05) is 36.8 Å². The topological polar surface area (TPSA) is 29.1 Å². The minimum atomic E-state index is 0.189. The van der Waals surface area contributed by atoms with Crippen LogP contribution in [0.1, 0.15) is 31.2 Å². The first kappa shape index (κ1) is 10.8. The monoisotopic (exact) mass is 229 g/mol. The highest BCUT2D eigenvalue weighted by Gasteiger charge is 2.39. The smallest absolute Gasteiger partial charge is 0.224 e. The molecule has 3 rings (SSSR count). The molecule has 2 aliphatic rings. The van der Waals surface area contributed by atoms with E-state index in [-0.39, 0.29) is 5.91 Å². The standard InChI is InChI=1S/C15H19NO/c17-15(10-11-4-2-1-3-5-11)16-14-9-12-6-7-13(14)8-12/h1-5,12-14H,6-10H2,(H,16,17)/t12-,13-,14-/m1/s1. The SMILES string of the molecule is O=C(Cc1ccccc1)N[C@@H]1C[C@@H]2CC[C@@H]1C2. The molecule has 0 aromatic heterocycles. The fourth-order valence-corrected chi connectivity index (χ4v) is 3.46. The predicted molar refractivity (Wildman–Crippen MR) is 67.5 cm³/mol. The van der Waals surface area contributed by atoms with E-state index in [0.717, 1.165) is 17.4 Å². The third-order valence-electron chi connectivity index (χ3n) is 4.29. The molecule has 2 aliphatic carbocycles. The molecule has 1 amide bonds. The van der Waals surface area contributed by atoms with Gasteiger partial charge in [0.15, 0.2) is 0 Å². The Morgan fingerprint density at radius 1 is 1.18 bits per heavy atom. The van der Waals surface area contributed by atoms with Gasteiger partial charge in [-0.25, -0.2) is 0 Å². The van der Waals surface area contributed by atoms with Gasteiger partial charge >= 0.3 is 0 Å². The zero-order valence-electron chi connectivity index (χ0n) is 10.1. The number of benzene rings is 1. The van der Waals surface area contributed by atoms with Gasteiger partial charge in [0.05, 0.1) is 6.42 Å². The first-order valence-electron chi connectivity index (χ1n) is 6.64. The molecule has 17 heavy (non-hydrogen) atoms. The Morgan fingerprint density at radius 3 is 2.65 bits per heavy atom. The highest BCUT2D eigenvalue weighted by Crippen LogP contribution is 2.44. The maximum atomic E-state index is 11.9. The van der Waals surface area contributed by atoms with Crippen LogP contribution in [0.15, 0.2) is 30.3 Å². The molecule has 0 spiro atoms. The summed E-state index contributed by atoms with van der Waals surface area (Å²) >= 11 is 0. The Kier molecular flexibility index (Phi) is 2.87. The number of nitrogens with one attached hydrogen (secondary N) is 1. The average Bonchev–Trinajstić information content (AvgIpc) is 2.92. The zero-order valence-corrected chi connectivity index (χ0v) is 10.1. The van der Waals surface area contributed by atoms with Crippen molar-refractivity contribution in [2.45, 2.75) is 38.1 Å². The Hall–Kier alpha value is -1.31. The lowest BCUT2D eigenvalue weighted by molar-refractivity contribution is -0.121. The lowest BCUT2D eigenvalue weighted by Crippen LogP contribution is -2.39. The van der Waals surface area contributed by atoms with Crippen molar-refractivity contribution < 1.29 is 4.79 Å². The van der Waals surface area contributed by atoms with Gasteiger partial charge in [0.1, 0.15) is 0 Å². The Bertz CT molecular complexity index is 401. The molecule has 90 valence electrons. The average molecular weight is 229 g/mol. The third kappa shape index (κ3) is 2.36. The summed E-state index contributed by atoms with van der Waals surface area (Å²) in [6, 6.07) is 10.4. The van der Waals surface area contributed by atoms with Crippen LogP contribution in [0, 0.1) is 11.8 Å². The van der Waals surface area contributed by atoms with Crippen molar-refractivity contribution in [1.82, 2.24) is 5.32 Å². The summed E-state index contributed by atoms with van der Waals surface area (Å²) in [5, 5.41) is 3.22. The van der Waals surface area contributed by atoms with Gasteiger partial charge in [-0.15, -0.1) is 0 Å². The first-order chi connectivity index (χ1) is 8.31. The molecule has 0 saturated heterocycles. The van der Waals surface area contributed by atoms with Crippen LogP contribution in [0.2, 0.25) is 0 Å². The normalized spacial score (nSPS) is 30.5. The predicted octanol–water partition coefficient (Wildman–Crippen LogP) is 2.53. The molecule has 2 fully saturated rings. The minimum Gasteiger partial charge on any atom is -0.353 e. The molecular formula is C15H19NO. The summed E-state index contributed by atoms with van der Waals surface area (Å²) in [6.07, 6.45) is 5.78. The third-order valence-corrected chi connectivity index (χ3v) is 4.29. The van der Waals surface area contributed by atoms with Crippen molar-refractivity contribution in [3.8, 4) is 0 Å². The number of amides is 1. The largest absolute Gasteiger partial charge is 0.353 e. The van der Waals surface area contributed by atoms with E-state index >= 15 is 0 Å². The quantitative estimate of drug-likeness (QED) is 0.848. The Morgan fingerprint density at radius 2 is 2.00 bits per heavy atom. The van der Waals surface area contributed by atoms with Gasteiger partial charge in [-0.2, -0.15) is 0 Å². The van der Waals surface area contributed by atoms with Crippen LogP contribution in [0.25, 0.3) is 0 Å². The van der Waals surface area contributed by atoms with Crippen molar-refractivity contribution in [2.24, 2.45) is 11.8 Å². The van der Waals surface area contributed by atoms with E-state index in [1.54, 1.807) is 0 Å². The van der Waals surface area contributed by atoms with Gasteiger partial charge in [0.25, 0.3) is 0 Å². The maximum absolute atomic E-state index is 11.9. The van der Waals surface area contributed by atoms with E-state index in [9.17, 15) is 4.79 Å². The lowest BCUT2D eigenvalue weighted by atomic mass is 9.95. The number of carbonyl (C=O) groups is 1. The van der Waals surface area contributed by atoms with Crippen LogP contribution in [0.3, 0.4) is 0 Å². The molecule has 3 atom stereocenters. The van der Waals surface area contributed by atoms with Crippen molar-refractivity contribution in [2.75, 3.05) is 0 Å². The van der Waals surface area contributed by atoms with Crippen molar-refractivity contribution in [3.63, 3.8) is 0 Å². The van der Waals surface area contributed by atoms with E-state index in [2.05, 4.69) is 5.32 Å². The summed E-state index contributed by atoms with van der Waals surface area (Å²) in [4.78, 5) is 11.9. The fraction of sp³-hybridized carbons (Fsp3) is 0.533. The fourth-order valence-electron chi connectivity index (χ4n) is 3.46. The van der Waals surface area contributed by atoms with Crippen LogP contribution >= 0.6 is 0 Å². The van der Waals surface area contributed by atoms with Gasteiger partial charge < -0.3 is 5.32 Å². The van der Waals surface area contributed by atoms with Gasteiger partial charge in [0, 0.05) is 6.04 Å². The van der Waals surface area contributed by atoms with E-state index in [1.165, 1.54) is 25.7 Å². The maximum Gasteiger partial charge on any atom is 0.224 e. The van der Waals surface area contributed by atoms with E-state index in [1.807, 2.05) is 30.3 Å². The second-order valence-corrected chi connectivity index (χ2v) is 5.51. The number of carbonyl (C=O) groups excluding carboxylic acids is 1. The number of hydrogen-bond donors (Lipinski definition) is 1. The van der Waals surface area contributed by atoms with E-state index < -0.39 is 0 Å². The summed E-state index contributed by atoms with van der Waals surface area (Å²) < 4.78 is 0. The molecule has 2 nitrogen and oxygen atoms in total. The molecule has 2 heteroatoms. The summed E-state index contributed by atoms with van der Waals surface area (Å²) in [5.74, 6) is 1.84. The van der Waals surface area contributed by atoms with Gasteiger partial charge in [-0.05, 0) is 36.7 Å². The molecule has 0 unspecified atom stereocenters. The molecule has 0 aliphatic heterocycles. The Balaban J connectivity index is 1.54. The second-order valence-electron chi connectivity index (χ2n) is 5.51. The number of fused-ring (bicyclic) bond motifs is 2. The van der Waals surface area contributed by atoms with Crippen LogP contribution in [-0.4, -0.2) is 11.9 Å². The molecule has 0 heterocycles. The second kappa shape index (κ2) is 4.52. The Labute approximate surface area is 102 Å². The van der Waals surface area contributed by atoms with Gasteiger partial charge in [-0.3, -0.25) is 4.79 Å². The zero-order chi connectivity index (χ0) is 11.7. The molecular weight excluding hydrogens is 210 g/mol. The summed E-state index contributed by atoms with van der Waals surface area (Å²) in [7, 11) is 0. The van der Waals surface area contributed by atoms with E-state index in [0.29, 0.717) is 12.5 Å². The van der Waals surface area contributed by atoms with Crippen LogP contribution in [0.4, 0.5) is 0 Å². The van der Waals surface area contributed by atoms with E-state index in [4.69, 9.17) is 0 Å². The first-order valence-corrected chi connectivity index (χ1v) is 6.64. The highest BCUT2D eigenvalue weighted by atomic mass is 16.1. The molecule has 0 radical (unpaired) electrons. The highest BCUT2D eigenvalue weighted by molar-refractivity contribution is 5.78. The molecule has 1 aromatic carbocycles. The number of rotatable bonds is 3. The van der Waals surface area contributed by atoms with Crippen molar-refractivity contribution in [3.05, 3.63) is 35.9 Å². The molecule has 1 N–H and O–H groups in total. The van der Waals surface area contributed by atoms with Gasteiger partial charge in [0.2, 0.25) is 5.91 Å². The number of hydrogen-bond acceptors (Lipinski definition) is 1. The molecule has 2 bridgehead atoms. The summed E-state index contributed by atoms with van der Waals surface area (Å²) in [5.41, 5.74) is 1.10. The van der Waals surface area contributed by atoms with Crippen molar-refractivity contribution in [1.29, 1.82) is 0 Å². The van der Waals surface area contributed by atoms with Crippen LogP contribution < -0.4 is 5.32 Å². The molecule has 2 saturated carbocycles. The minimum absolute atomic E-state index is 0.189.